The molecule has 0 spiro atoms. The summed E-state index contributed by atoms with van der Waals surface area (Å²) in [6, 6.07) is 14.1. The second kappa shape index (κ2) is 7.44. The Balaban J connectivity index is 1.51. The van der Waals surface area contributed by atoms with Gasteiger partial charge in [0.25, 0.3) is 0 Å². The Morgan fingerprint density at radius 3 is 2.68 bits per heavy atom. The molecule has 1 aliphatic rings. The largest absolute Gasteiger partial charge is 0.480 e. The predicted octanol–water partition coefficient (Wildman–Crippen LogP) is 3.04. The number of halogens is 1. The van der Waals surface area contributed by atoms with Crippen molar-refractivity contribution in [3.05, 3.63) is 71.7 Å². The molecule has 1 N–H and O–H groups in total. The van der Waals surface area contributed by atoms with Gasteiger partial charge in [-0.2, -0.15) is 0 Å². The van der Waals surface area contributed by atoms with Crippen molar-refractivity contribution < 1.29 is 23.5 Å². The maximum absolute atomic E-state index is 13.4. The fourth-order valence-corrected chi connectivity index (χ4v) is 3.56. The lowest BCUT2D eigenvalue weighted by Gasteiger charge is -2.36. The summed E-state index contributed by atoms with van der Waals surface area (Å²) in [5.74, 6) is -1.30. The van der Waals surface area contributed by atoms with Crippen LogP contribution in [0.4, 0.5) is 4.39 Å². The van der Waals surface area contributed by atoms with Gasteiger partial charge in [0.05, 0.1) is 6.54 Å². The van der Waals surface area contributed by atoms with Gasteiger partial charge in [0, 0.05) is 25.0 Å². The molecule has 6 nitrogen and oxygen atoms in total. The molecule has 3 aromatic rings. The molecule has 2 heterocycles. The lowest BCUT2D eigenvalue weighted by molar-refractivity contribution is -0.148. The number of carbonyl (C=O) groups excluding carboxylic acids is 1. The normalized spacial score (nSPS) is 16.5. The van der Waals surface area contributed by atoms with Crippen LogP contribution < -0.4 is 0 Å². The summed E-state index contributed by atoms with van der Waals surface area (Å²) < 4.78 is 19.1. The number of carboxylic acids is 1. The third kappa shape index (κ3) is 3.61. The molecule has 144 valence electrons. The Morgan fingerprint density at radius 2 is 1.96 bits per heavy atom. The molecule has 2 aromatic carbocycles. The number of benzene rings is 2. The van der Waals surface area contributed by atoms with Gasteiger partial charge >= 0.3 is 5.97 Å². The average Bonchev–Trinajstić information content (AvgIpc) is 3.07. The third-order valence-corrected chi connectivity index (χ3v) is 4.92. The summed E-state index contributed by atoms with van der Waals surface area (Å²) in [6.45, 7) is 1.00. The van der Waals surface area contributed by atoms with E-state index in [1.165, 1.54) is 12.1 Å². The average molecular weight is 382 g/mol. The number of fused-ring (bicyclic) bond motifs is 1. The number of nitrogens with zero attached hydrogens (tertiary/aromatic N) is 2. The highest BCUT2D eigenvalue weighted by Gasteiger charge is 2.35. The third-order valence-electron chi connectivity index (χ3n) is 4.92. The summed E-state index contributed by atoms with van der Waals surface area (Å²) in [5.41, 5.74) is 1.31. The topological polar surface area (TPSA) is 74.0 Å². The monoisotopic (exact) mass is 382 g/mol. The Bertz CT molecular complexity index is 999. The maximum atomic E-state index is 13.4. The smallest absolute Gasteiger partial charge is 0.328 e. The van der Waals surface area contributed by atoms with Crippen molar-refractivity contribution in [1.29, 1.82) is 0 Å². The highest BCUT2D eigenvalue weighted by Crippen LogP contribution is 2.29. The summed E-state index contributed by atoms with van der Waals surface area (Å²) in [7, 11) is 0. The molecule has 1 aliphatic heterocycles. The van der Waals surface area contributed by atoms with Crippen LogP contribution in [0.5, 0.6) is 0 Å². The maximum Gasteiger partial charge on any atom is 0.328 e. The number of piperazine rings is 1. The van der Waals surface area contributed by atoms with E-state index in [4.69, 9.17) is 4.42 Å². The Kier molecular flexibility index (Phi) is 4.83. The molecule has 28 heavy (non-hydrogen) atoms. The summed E-state index contributed by atoms with van der Waals surface area (Å²) >= 11 is 0. The fraction of sp³-hybridized carbons (Fsp3) is 0.238. The van der Waals surface area contributed by atoms with Crippen molar-refractivity contribution in [1.82, 2.24) is 9.80 Å². The van der Waals surface area contributed by atoms with Crippen LogP contribution in [0, 0.1) is 5.82 Å². The number of carbonyl (C=O) groups is 2. The second-order valence-electron chi connectivity index (χ2n) is 6.84. The molecule has 0 saturated carbocycles. The second-order valence-corrected chi connectivity index (χ2v) is 6.84. The van der Waals surface area contributed by atoms with Crippen molar-refractivity contribution in [3.63, 3.8) is 0 Å². The van der Waals surface area contributed by atoms with Crippen molar-refractivity contribution in [2.45, 2.75) is 12.6 Å². The number of furan rings is 1. The minimum atomic E-state index is -1.06. The van der Waals surface area contributed by atoms with Gasteiger partial charge in [-0.3, -0.25) is 14.5 Å². The van der Waals surface area contributed by atoms with Crippen LogP contribution in [0.2, 0.25) is 0 Å². The van der Waals surface area contributed by atoms with Crippen LogP contribution in [0.25, 0.3) is 11.0 Å². The summed E-state index contributed by atoms with van der Waals surface area (Å²) in [5, 5.41) is 10.6. The van der Waals surface area contributed by atoms with Gasteiger partial charge in [-0.1, -0.05) is 30.3 Å². The van der Waals surface area contributed by atoms with E-state index in [0.29, 0.717) is 36.5 Å². The number of para-hydroxylation sites is 1. The van der Waals surface area contributed by atoms with E-state index in [2.05, 4.69) is 0 Å². The fourth-order valence-electron chi connectivity index (χ4n) is 3.56. The van der Waals surface area contributed by atoms with E-state index in [0.717, 1.165) is 5.39 Å². The molecular weight excluding hydrogens is 363 g/mol. The molecule has 7 heteroatoms. The van der Waals surface area contributed by atoms with Crippen molar-refractivity contribution >= 4 is 22.8 Å². The van der Waals surface area contributed by atoms with E-state index in [1.54, 1.807) is 34.1 Å². The lowest BCUT2D eigenvalue weighted by Crippen LogP contribution is -2.52. The van der Waals surface area contributed by atoms with Crippen LogP contribution in [0.15, 0.2) is 59.0 Å². The zero-order chi connectivity index (χ0) is 19.7. The van der Waals surface area contributed by atoms with E-state index in [1.807, 2.05) is 18.2 Å². The number of rotatable bonds is 5. The van der Waals surface area contributed by atoms with Gasteiger partial charge in [0.1, 0.15) is 17.2 Å². The Morgan fingerprint density at radius 1 is 1.14 bits per heavy atom. The standard InChI is InChI=1S/C21H19FN2O4/c22-16-6-3-4-14(10-16)12-23-8-9-24(13-19(23)25)20(21(26)27)18-11-15-5-1-2-7-17(15)28-18/h1-7,10-11,20H,8-9,12-13H2,(H,26,27). The van der Waals surface area contributed by atoms with Crippen LogP contribution >= 0.6 is 0 Å². The van der Waals surface area contributed by atoms with E-state index >= 15 is 0 Å². The van der Waals surface area contributed by atoms with Crippen molar-refractivity contribution in [3.8, 4) is 0 Å². The van der Waals surface area contributed by atoms with Crippen LogP contribution in [0.3, 0.4) is 0 Å². The van der Waals surface area contributed by atoms with Crippen molar-refractivity contribution in [2.24, 2.45) is 0 Å². The first-order valence-electron chi connectivity index (χ1n) is 8.99. The van der Waals surface area contributed by atoms with Gasteiger partial charge in [-0.25, -0.2) is 4.39 Å². The molecule has 1 unspecified atom stereocenters. The molecule has 1 aromatic heterocycles. The molecule has 1 saturated heterocycles. The number of hydrogen-bond acceptors (Lipinski definition) is 4. The molecule has 0 bridgehead atoms. The predicted molar refractivity (Wildman–Crippen MR) is 100.0 cm³/mol. The van der Waals surface area contributed by atoms with E-state index < -0.39 is 12.0 Å². The zero-order valence-corrected chi connectivity index (χ0v) is 15.0. The Labute approximate surface area is 160 Å². The van der Waals surface area contributed by atoms with Crippen molar-refractivity contribution in [2.75, 3.05) is 19.6 Å². The summed E-state index contributed by atoms with van der Waals surface area (Å²) in [6.07, 6.45) is 0. The summed E-state index contributed by atoms with van der Waals surface area (Å²) in [4.78, 5) is 27.7. The number of hydrogen-bond donors (Lipinski definition) is 1. The van der Waals surface area contributed by atoms with Gasteiger partial charge in [-0.05, 0) is 29.8 Å². The minimum absolute atomic E-state index is 0.0384. The van der Waals surface area contributed by atoms with Gasteiger partial charge in [0.15, 0.2) is 6.04 Å². The molecule has 1 fully saturated rings. The molecule has 1 amide bonds. The SMILES string of the molecule is O=C(O)C(c1cc2ccccc2o1)N1CCN(Cc2cccc(F)c2)C(=O)C1. The van der Waals surface area contributed by atoms with Crippen LogP contribution in [0.1, 0.15) is 17.4 Å². The quantitative estimate of drug-likeness (QED) is 0.734. The highest BCUT2D eigenvalue weighted by atomic mass is 19.1. The number of aliphatic carboxylic acids is 1. The first kappa shape index (κ1) is 18.2. The first-order chi connectivity index (χ1) is 13.5. The lowest BCUT2D eigenvalue weighted by atomic mass is 10.1. The van der Waals surface area contributed by atoms with Gasteiger partial charge in [0.2, 0.25) is 5.91 Å². The van der Waals surface area contributed by atoms with Crippen LogP contribution in [-0.4, -0.2) is 46.4 Å². The van der Waals surface area contributed by atoms with E-state index in [9.17, 15) is 19.1 Å². The molecule has 0 radical (unpaired) electrons. The minimum Gasteiger partial charge on any atom is -0.480 e. The van der Waals surface area contributed by atoms with Gasteiger partial charge < -0.3 is 14.4 Å². The van der Waals surface area contributed by atoms with Gasteiger partial charge in [-0.15, -0.1) is 0 Å². The highest BCUT2D eigenvalue weighted by molar-refractivity contribution is 5.83. The number of carboxylic acid groups (broad SMARTS) is 1. The molecule has 4 rings (SSSR count). The van der Waals surface area contributed by atoms with Crippen LogP contribution in [-0.2, 0) is 16.1 Å². The first-order valence-corrected chi connectivity index (χ1v) is 8.99. The number of amides is 1. The molecular formula is C21H19FN2O4. The molecule has 1 atom stereocenters. The molecule has 0 aliphatic carbocycles. The Hall–Kier alpha value is -3.19. The van der Waals surface area contributed by atoms with E-state index in [-0.39, 0.29) is 18.3 Å². The zero-order valence-electron chi connectivity index (χ0n) is 15.0.